The Labute approximate surface area is 150 Å². The summed E-state index contributed by atoms with van der Waals surface area (Å²) in [6, 6.07) is 5.85. The molecule has 1 saturated heterocycles. The molecule has 1 aliphatic heterocycles. The van der Waals surface area contributed by atoms with Gasteiger partial charge in [0.2, 0.25) is 5.91 Å². The Bertz CT molecular complexity index is 575. The molecule has 1 aromatic rings. The minimum atomic E-state index is -0.391. The van der Waals surface area contributed by atoms with Crippen molar-refractivity contribution in [2.75, 3.05) is 33.7 Å². The molecule has 1 saturated carbocycles. The first kappa shape index (κ1) is 18.3. The fraction of sp³-hybridized carbons (Fsp3) is 0.650. The van der Waals surface area contributed by atoms with Gasteiger partial charge in [-0.3, -0.25) is 14.6 Å². The summed E-state index contributed by atoms with van der Waals surface area (Å²) in [6.45, 7) is 3.03. The number of hydrogen-bond acceptors (Lipinski definition) is 3. The van der Waals surface area contributed by atoms with Crippen molar-refractivity contribution in [3.8, 4) is 0 Å². The summed E-state index contributed by atoms with van der Waals surface area (Å²) < 4.78 is 13.2. The molecule has 0 radical (unpaired) electrons. The molecule has 2 fully saturated rings. The van der Waals surface area contributed by atoms with E-state index in [0.717, 1.165) is 25.2 Å². The second-order valence-electron chi connectivity index (χ2n) is 7.76. The normalized spacial score (nSPS) is 21.6. The molecule has 25 heavy (non-hydrogen) atoms. The minimum Gasteiger partial charge on any atom is -0.353 e. The lowest BCUT2D eigenvalue weighted by Crippen LogP contribution is -2.54. The number of amides is 1. The lowest BCUT2D eigenvalue weighted by Gasteiger charge is -2.39. The van der Waals surface area contributed by atoms with Gasteiger partial charge in [0.15, 0.2) is 0 Å². The van der Waals surface area contributed by atoms with Crippen LogP contribution in [0.15, 0.2) is 24.3 Å². The van der Waals surface area contributed by atoms with E-state index in [1.807, 2.05) is 19.0 Å². The van der Waals surface area contributed by atoms with Gasteiger partial charge in [-0.1, -0.05) is 25.0 Å². The van der Waals surface area contributed by atoms with Crippen LogP contribution in [0.5, 0.6) is 0 Å². The van der Waals surface area contributed by atoms with Crippen molar-refractivity contribution in [2.24, 2.45) is 0 Å². The molecule has 0 spiro atoms. The Hall–Kier alpha value is -1.46. The number of halogens is 1. The molecule has 2 aliphatic rings. The summed E-state index contributed by atoms with van der Waals surface area (Å²) in [5.74, 6) is -0.275. The highest BCUT2D eigenvalue weighted by molar-refractivity contribution is 5.83. The maximum absolute atomic E-state index is 13.2. The summed E-state index contributed by atoms with van der Waals surface area (Å²) >= 11 is 0. The maximum Gasteiger partial charge on any atom is 0.242 e. The molecular weight excluding hydrogens is 317 g/mol. The lowest BCUT2D eigenvalue weighted by atomic mass is 9.94. The van der Waals surface area contributed by atoms with Crippen LogP contribution >= 0.6 is 0 Å². The van der Waals surface area contributed by atoms with Gasteiger partial charge in [-0.2, -0.15) is 0 Å². The van der Waals surface area contributed by atoms with Crippen LogP contribution in [0, 0.1) is 5.82 Å². The summed E-state index contributed by atoms with van der Waals surface area (Å²) in [5.41, 5.74) is 0.969. The largest absolute Gasteiger partial charge is 0.353 e. The van der Waals surface area contributed by atoms with Gasteiger partial charge in [0.05, 0.1) is 0 Å². The van der Waals surface area contributed by atoms with E-state index in [2.05, 4.69) is 10.2 Å². The Kier molecular flexibility index (Phi) is 5.74. The van der Waals surface area contributed by atoms with Crippen LogP contribution in [0.1, 0.15) is 50.1 Å². The zero-order valence-electron chi connectivity index (χ0n) is 15.4. The summed E-state index contributed by atoms with van der Waals surface area (Å²) in [5, 5.41) is 3.22. The first-order valence-electron chi connectivity index (χ1n) is 9.46. The van der Waals surface area contributed by atoms with Crippen LogP contribution < -0.4 is 5.32 Å². The average molecular weight is 347 g/mol. The third-order valence-corrected chi connectivity index (χ3v) is 5.85. The van der Waals surface area contributed by atoms with Crippen LogP contribution in [0.4, 0.5) is 4.39 Å². The van der Waals surface area contributed by atoms with Crippen molar-refractivity contribution < 1.29 is 9.18 Å². The SMILES string of the molecule is CN(C)[C@@H](C(=O)NCC1(N2CCCC2)CCCC1)c1ccc(F)cc1. The van der Waals surface area contributed by atoms with Gasteiger partial charge in [-0.05, 0) is 70.6 Å². The fourth-order valence-electron chi connectivity index (χ4n) is 4.51. The number of nitrogens with zero attached hydrogens (tertiary/aromatic N) is 2. The van der Waals surface area contributed by atoms with E-state index in [-0.39, 0.29) is 17.3 Å². The van der Waals surface area contributed by atoms with Crippen molar-refractivity contribution in [1.29, 1.82) is 0 Å². The molecule has 1 atom stereocenters. The molecule has 0 bridgehead atoms. The molecule has 1 aromatic carbocycles. The van der Waals surface area contributed by atoms with Gasteiger partial charge < -0.3 is 5.32 Å². The summed E-state index contributed by atoms with van der Waals surface area (Å²) in [6.07, 6.45) is 7.40. The molecule has 0 aromatic heterocycles. The smallest absolute Gasteiger partial charge is 0.242 e. The van der Waals surface area contributed by atoms with Gasteiger partial charge in [0, 0.05) is 12.1 Å². The average Bonchev–Trinajstić information content (AvgIpc) is 3.27. The number of carbonyl (C=O) groups excluding carboxylic acids is 1. The lowest BCUT2D eigenvalue weighted by molar-refractivity contribution is -0.126. The molecule has 1 aliphatic carbocycles. The van der Waals surface area contributed by atoms with E-state index >= 15 is 0 Å². The van der Waals surface area contributed by atoms with E-state index in [9.17, 15) is 9.18 Å². The number of likely N-dealkylation sites (tertiary alicyclic amines) is 1. The van der Waals surface area contributed by atoms with E-state index in [1.165, 1.54) is 50.7 Å². The van der Waals surface area contributed by atoms with Crippen molar-refractivity contribution >= 4 is 5.91 Å². The monoisotopic (exact) mass is 347 g/mol. The number of benzene rings is 1. The highest BCUT2D eigenvalue weighted by Crippen LogP contribution is 2.37. The van der Waals surface area contributed by atoms with Gasteiger partial charge >= 0.3 is 0 Å². The van der Waals surface area contributed by atoms with E-state index in [4.69, 9.17) is 0 Å². The van der Waals surface area contributed by atoms with Gasteiger partial charge in [-0.15, -0.1) is 0 Å². The predicted molar refractivity (Wildman–Crippen MR) is 97.8 cm³/mol. The van der Waals surface area contributed by atoms with Gasteiger partial charge in [-0.25, -0.2) is 4.39 Å². The molecule has 1 amide bonds. The number of rotatable bonds is 6. The van der Waals surface area contributed by atoms with E-state index in [1.54, 1.807) is 12.1 Å². The van der Waals surface area contributed by atoms with Gasteiger partial charge in [0.25, 0.3) is 0 Å². The minimum absolute atomic E-state index is 0.00193. The molecule has 0 unspecified atom stereocenters. The Morgan fingerprint density at radius 1 is 1.16 bits per heavy atom. The number of hydrogen-bond donors (Lipinski definition) is 1. The van der Waals surface area contributed by atoms with Crippen LogP contribution in [0.2, 0.25) is 0 Å². The molecule has 4 nitrogen and oxygen atoms in total. The fourth-order valence-corrected chi connectivity index (χ4v) is 4.51. The topological polar surface area (TPSA) is 35.6 Å². The number of likely N-dealkylation sites (N-methyl/N-ethyl adjacent to an activating group) is 1. The number of carbonyl (C=O) groups is 1. The molecule has 138 valence electrons. The molecule has 1 N–H and O–H groups in total. The first-order valence-corrected chi connectivity index (χ1v) is 9.46. The van der Waals surface area contributed by atoms with Crippen molar-refractivity contribution in [3.63, 3.8) is 0 Å². The van der Waals surface area contributed by atoms with Gasteiger partial charge in [0.1, 0.15) is 11.9 Å². The third kappa shape index (κ3) is 4.04. The van der Waals surface area contributed by atoms with Crippen LogP contribution in [0.3, 0.4) is 0 Å². The Balaban J connectivity index is 1.69. The second-order valence-corrected chi connectivity index (χ2v) is 7.76. The highest BCUT2D eigenvalue weighted by Gasteiger charge is 2.41. The molecule has 3 rings (SSSR count). The zero-order chi connectivity index (χ0) is 17.9. The van der Waals surface area contributed by atoms with Crippen molar-refractivity contribution in [3.05, 3.63) is 35.6 Å². The van der Waals surface area contributed by atoms with Crippen molar-refractivity contribution in [2.45, 2.75) is 50.1 Å². The molecule has 1 heterocycles. The van der Waals surface area contributed by atoms with Crippen molar-refractivity contribution in [1.82, 2.24) is 15.1 Å². The van der Waals surface area contributed by atoms with E-state index < -0.39 is 6.04 Å². The van der Waals surface area contributed by atoms with Crippen LogP contribution in [-0.2, 0) is 4.79 Å². The highest BCUT2D eigenvalue weighted by atomic mass is 19.1. The second kappa shape index (κ2) is 7.83. The quantitative estimate of drug-likeness (QED) is 0.859. The van der Waals surface area contributed by atoms with Crippen LogP contribution in [0.25, 0.3) is 0 Å². The van der Waals surface area contributed by atoms with E-state index in [0.29, 0.717) is 0 Å². The summed E-state index contributed by atoms with van der Waals surface area (Å²) in [7, 11) is 3.78. The Morgan fingerprint density at radius 3 is 2.32 bits per heavy atom. The molecule has 5 heteroatoms. The standard InChI is InChI=1S/C20H30FN3O/c1-23(2)18(16-7-9-17(21)10-8-16)19(25)22-15-20(11-3-4-12-20)24-13-5-6-14-24/h7-10,18H,3-6,11-15H2,1-2H3,(H,22,25)/t18-/m1/s1. The molecular formula is C20H30FN3O. The number of nitrogens with one attached hydrogen (secondary N) is 1. The first-order chi connectivity index (χ1) is 12.0. The zero-order valence-corrected chi connectivity index (χ0v) is 15.4. The predicted octanol–water partition coefficient (Wildman–Crippen LogP) is 2.95. The third-order valence-electron chi connectivity index (χ3n) is 5.85. The van der Waals surface area contributed by atoms with Crippen LogP contribution in [-0.4, -0.2) is 55.0 Å². The maximum atomic E-state index is 13.2. The summed E-state index contributed by atoms with van der Waals surface area (Å²) in [4.78, 5) is 17.4. The Morgan fingerprint density at radius 2 is 1.76 bits per heavy atom.